The lowest BCUT2D eigenvalue weighted by molar-refractivity contribution is -0.870. The number of hydrogen-bond acceptors (Lipinski definition) is 8. The average Bonchev–Trinajstić information content (AvgIpc) is 3.61. The SMILES string of the molecule is CC/C=C\C/C=C\C/C=C\C/C=C\C/C=C\C/C=C\C/C=C\CCCCCCCCCCCCCCCC(=O)OC(COC(=O)CCCCCCCCCCCCCCC/C=C\C/C=C\CCCCCCC)COP(=O)([O-])OCC[N+](C)(C)C. The van der Waals surface area contributed by atoms with Crippen molar-refractivity contribution in [1.82, 2.24) is 0 Å². The summed E-state index contributed by atoms with van der Waals surface area (Å²) in [4.78, 5) is 38.1. The van der Waals surface area contributed by atoms with Gasteiger partial charge >= 0.3 is 11.9 Å². The van der Waals surface area contributed by atoms with E-state index in [1.807, 2.05) is 21.1 Å². The smallest absolute Gasteiger partial charge is 0.306 e. The molecule has 84 heavy (non-hydrogen) atoms. The summed E-state index contributed by atoms with van der Waals surface area (Å²) < 4.78 is 34.3. The van der Waals surface area contributed by atoms with Crippen LogP contribution in [0.2, 0.25) is 0 Å². The molecule has 0 aromatic carbocycles. The number of nitrogens with zero attached hydrogens (tertiary/aromatic N) is 1. The van der Waals surface area contributed by atoms with Crippen molar-refractivity contribution in [2.24, 2.45) is 0 Å². The van der Waals surface area contributed by atoms with Crippen molar-refractivity contribution in [2.75, 3.05) is 47.5 Å². The number of carbonyl (C=O) groups is 2. The molecule has 2 unspecified atom stereocenters. The van der Waals surface area contributed by atoms with Crippen LogP contribution in [-0.4, -0.2) is 70.0 Å². The van der Waals surface area contributed by atoms with Crippen molar-refractivity contribution in [3.8, 4) is 0 Å². The molecule has 0 aliphatic rings. The minimum Gasteiger partial charge on any atom is -0.756 e. The van der Waals surface area contributed by atoms with E-state index in [-0.39, 0.29) is 32.0 Å². The fourth-order valence-corrected chi connectivity index (χ4v) is 10.2. The van der Waals surface area contributed by atoms with Gasteiger partial charge in [0.2, 0.25) is 0 Å². The van der Waals surface area contributed by atoms with E-state index in [1.165, 1.54) is 173 Å². The lowest BCUT2D eigenvalue weighted by Gasteiger charge is -2.28. The minimum atomic E-state index is -4.65. The van der Waals surface area contributed by atoms with Crippen LogP contribution in [0.25, 0.3) is 0 Å². The number of likely N-dealkylation sites (N-methyl/N-ethyl adjacent to an activating group) is 1. The van der Waals surface area contributed by atoms with Gasteiger partial charge in [-0.2, -0.15) is 0 Å². The quantitative estimate of drug-likeness (QED) is 0.0195. The summed E-state index contributed by atoms with van der Waals surface area (Å²) in [6.45, 7) is 4.14. The lowest BCUT2D eigenvalue weighted by Crippen LogP contribution is -2.37. The van der Waals surface area contributed by atoms with Crippen molar-refractivity contribution in [2.45, 2.75) is 302 Å². The van der Waals surface area contributed by atoms with Gasteiger partial charge in [-0.05, 0) is 103 Å². The molecule has 0 heterocycles. The van der Waals surface area contributed by atoms with Gasteiger partial charge in [0, 0.05) is 12.8 Å². The second-order valence-electron chi connectivity index (χ2n) is 24.2. The highest BCUT2D eigenvalue weighted by atomic mass is 31.2. The van der Waals surface area contributed by atoms with Gasteiger partial charge in [-0.15, -0.1) is 0 Å². The van der Waals surface area contributed by atoms with Crippen LogP contribution in [0.1, 0.15) is 296 Å². The molecule has 0 bridgehead atoms. The van der Waals surface area contributed by atoms with Crippen molar-refractivity contribution < 1.29 is 42.1 Å². The van der Waals surface area contributed by atoms with Crippen molar-refractivity contribution >= 4 is 19.8 Å². The van der Waals surface area contributed by atoms with Crippen LogP contribution in [0, 0.1) is 0 Å². The largest absolute Gasteiger partial charge is 0.756 e. The maximum Gasteiger partial charge on any atom is 0.306 e. The third-order valence-electron chi connectivity index (χ3n) is 14.8. The summed E-state index contributed by atoms with van der Waals surface area (Å²) >= 11 is 0. The standard InChI is InChI=1S/C74H130NO8P/c1-6-8-10-12-14-16-18-20-22-24-26-28-30-32-33-34-35-36-37-38-39-40-41-43-45-47-49-51-53-55-57-59-61-63-65-67-74(77)83-72(71-82-84(78,79)81-69-68-75(3,4)5)70-80-73(76)66-64-62-60-58-56-54-52-50-48-46-44-42-31-29-27-25-23-21-19-17-15-13-11-9-7-2/h8,10,14,16,19-22,25-28,32-33,35-36,38-39,72H,6-7,9,11-13,15,17-18,23-24,29-31,34,37,40-71H2,1-5H3/b10-8-,16-14-,21-19-,22-20-,27-25-,28-26-,33-32-,36-35-,39-38-. The third-order valence-corrected chi connectivity index (χ3v) is 15.7. The molecule has 10 heteroatoms. The zero-order valence-electron chi connectivity index (χ0n) is 55.1. The summed E-state index contributed by atoms with van der Waals surface area (Å²) in [6.07, 6.45) is 90.1. The summed E-state index contributed by atoms with van der Waals surface area (Å²) in [5.41, 5.74) is 0. The first-order valence-electron chi connectivity index (χ1n) is 34.6. The Hall–Kier alpha value is -3.33. The maximum absolute atomic E-state index is 12.9. The highest BCUT2D eigenvalue weighted by Crippen LogP contribution is 2.38. The molecule has 0 aliphatic heterocycles. The Morgan fingerprint density at radius 1 is 0.381 bits per heavy atom. The molecular formula is C74H130NO8P. The molecule has 0 radical (unpaired) electrons. The Bertz CT molecular complexity index is 1790. The zero-order chi connectivity index (χ0) is 61.2. The number of esters is 2. The van der Waals surface area contributed by atoms with E-state index in [1.54, 1.807) is 0 Å². The molecule has 0 rings (SSSR count). The predicted octanol–water partition coefficient (Wildman–Crippen LogP) is 21.9. The van der Waals surface area contributed by atoms with Gasteiger partial charge in [-0.3, -0.25) is 14.2 Å². The van der Waals surface area contributed by atoms with Gasteiger partial charge in [0.25, 0.3) is 7.82 Å². The van der Waals surface area contributed by atoms with Crippen LogP contribution in [-0.2, 0) is 32.7 Å². The molecule has 0 fully saturated rings. The first-order chi connectivity index (χ1) is 41.0. The van der Waals surface area contributed by atoms with Crippen LogP contribution < -0.4 is 4.89 Å². The second-order valence-corrected chi connectivity index (χ2v) is 25.6. The molecule has 0 aliphatic carbocycles. The van der Waals surface area contributed by atoms with Crippen molar-refractivity contribution in [1.29, 1.82) is 0 Å². The molecule has 0 amide bonds. The molecule has 484 valence electrons. The molecule has 0 aromatic heterocycles. The fraction of sp³-hybridized carbons (Fsp3) is 0.730. The lowest BCUT2D eigenvalue weighted by atomic mass is 10.0. The number of unbranched alkanes of at least 4 members (excludes halogenated alkanes) is 31. The normalized spacial score (nSPS) is 13.8. The molecule has 0 N–H and O–H groups in total. The molecular weight excluding hydrogens is 1060 g/mol. The number of carbonyl (C=O) groups excluding carboxylic acids is 2. The van der Waals surface area contributed by atoms with Gasteiger partial charge in [0.05, 0.1) is 27.7 Å². The number of allylic oxidation sites excluding steroid dienone is 18. The summed E-state index contributed by atoms with van der Waals surface area (Å²) in [6, 6.07) is 0. The average molecular weight is 1190 g/mol. The molecule has 0 aromatic rings. The first kappa shape index (κ1) is 80.7. The Morgan fingerprint density at radius 2 is 0.679 bits per heavy atom. The second kappa shape index (κ2) is 64.2. The predicted molar refractivity (Wildman–Crippen MR) is 360 cm³/mol. The van der Waals surface area contributed by atoms with Gasteiger partial charge in [-0.25, -0.2) is 0 Å². The van der Waals surface area contributed by atoms with Crippen LogP contribution in [0.15, 0.2) is 109 Å². The van der Waals surface area contributed by atoms with Gasteiger partial charge < -0.3 is 27.9 Å². The fourth-order valence-electron chi connectivity index (χ4n) is 9.49. The molecule has 0 saturated heterocycles. The number of quaternary nitrogens is 1. The number of rotatable bonds is 63. The van der Waals surface area contributed by atoms with E-state index >= 15 is 0 Å². The molecule has 0 spiro atoms. The van der Waals surface area contributed by atoms with E-state index < -0.39 is 26.5 Å². The van der Waals surface area contributed by atoms with Gasteiger partial charge in [-0.1, -0.05) is 290 Å². The summed E-state index contributed by atoms with van der Waals surface area (Å²) in [5, 5.41) is 0. The number of phosphoric acid groups is 1. The van der Waals surface area contributed by atoms with E-state index in [0.717, 1.165) is 89.9 Å². The summed E-state index contributed by atoms with van der Waals surface area (Å²) in [5.74, 6) is -0.831. The highest BCUT2D eigenvalue weighted by molar-refractivity contribution is 7.45. The van der Waals surface area contributed by atoms with E-state index in [0.29, 0.717) is 17.4 Å². The van der Waals surface area contributed by atoms with Crippen LogP contribution >= 0.6 is 7.82 Å². The van der Waals surface area contributed by atoms with E-state index in [4.69, 9.17) is 18.5 Å². The minimum absolute atomic E-state index is 0.0344. The monoisotopic (exact) mass is 1190 g/mol. The molecule has 9 nitrogen and oxygen atoms in total. The Labute approximate surface area is 518 Å². The Morgan fingerprint density at radius 3 is 1.01 bits per heavy atom. The molecule has 2 atom stereocenters. The van der Waals surface area contributed by atoms with Gasteiger partial charge in [0.15, 0.2) is 6.10 Å². The van der Waals surface area contributed by atoms with Gasteiger partial charge in [0.1, 0.15) is 19.8 Å². The third kappa shape index (κ3) is 67.8. The van der Waals surface area contributed by atoms with Crippen LogP contribution in [0.5, 0.6) is 0 Å². The van der Waals surface area contributed by atoms with E-state index in [9.17, 15) is 19.0 Å². The number of phosphoric ester groups is 1. The van der Waals surface area contributed by atoms with E-state index in [2.05, 4.69) is 123 Å². The van der Waals surface area contributed by atoms with Crippen molar-refractivity contribution in [3.63, 3.8) is 0 Å². The highest BCUT2D eigenvalue weighted by Gasteiger charge is 2.22. The Balaban J connectivity index is 4.07. The van der Waals surface area contributed by atoms with Crippen molar-refractivity contribution in [3.05, 3.63) is 109 Å². The van der Waals surface area contributed by atoms with Crippen LogP contribution in [0.3, 0.4) is 0 Å². The molecule has 0 saturated carbocycles. The number of ether oxygens (including phenoxy) is 2. The Kier molecular flexibility index (Phi) is 61.6. The first-order valence-corrected chi connectivity index (χ1v) is 36.1. The topological polar surface area (TPSA) is 111 Å². The van der Waals surface area contributed by atoms with Crippen LogP contribution in [0.4, 0.5) is 0 Å². The number of hydrogen-bond donors (Lipinski definition) is 0. The summed E-state index contributed by atoms with van der Waals surface area (Å²) in [7, 11) is 1.16. The maximum atomic E-state index is 12.9. The zero-order valence-corrected chi connectivity index (χ0v) is 56.0.